The first-order valence-corrected chi connectivity index (χ1v) is 10.5. The van der Waals surface area contributed by atoms with Crippen molar-refractivity contribution in [3.8, 4) is 0 Å². The molecule has 6 rings (SSSR count). The van der Waals surface area contributed by atoms with Gasteiger partial charge in [0, 0.05) is 37.2 Å². The Kier molecular flexibility index (Phi) is 3.96. The van der Waals surface area contributed by atoms with E-state index >= 15 is 0 Å². The number of carbonyl (C=O) groups excluding carboxylic acids is 2. The van der Waals surface area contributed by atoms with Crippen LogP contribution >= 0.6 is 11.3 Å². The van der Waals surface area contributed by atoms with Crippen LogP contribution in [0.2, 0.25) is 0 Å². The van der Waals surface area contributed by atoms with Crippen LogP contribution in [0.25, 0.3) is 10.2 Å². The summed E-state index contributed by atoms with van der Waals surface area (Å²) in [6.45, 7) is 2.31. The zero-order valence-electron chi connectivity index (χ0n) is 14.8. The number of aromatic nitrogens is 1. The number of fused-ring (bicyclic) bond motifs is 5. The summed E-state index contributed by atoms with van der Waals surface area (Å²) in [5.41, 5.74) is 3.50. The molecular weight excluding hydrogens is 346 g/mol. The molecule has 3 saturated heterocycles. The first-order chi connectivity index (χ1) is 12.7. The lowest BCUT2D eigenvalue weighted by Crippen LogP contribution is -2.48. The van der Waals surface area contributed by atoms with Crippen LogP contribution in [0.5, 0.6) is 0 Å². The molecular formula is C20H23N3O2S. The van der Waals surface area contributed by atoms with Crippen molar-refractivity contribution in [2.75, 3.05) is 19.6 Å². The number of thiazole rings is 1. The Labute approximate surface area is 157 Å². The first-order valence-electron chi connectivity index (χ1n) is 9.62. The van der Waals surface area contributed by atoms with Gasteiger partial charge in [0.1, 0.15) is 0 Å². The molecule has 0 spiro atoms. The summed E-state index contributed by atoms with van der Waals surface area (Å²) in [6.07, 6.45) is 5.40. The van der Waals surface area contributed by atoms with E-state index in [4.69, 9.17) is 0 Å². The maximum absolute atomic E-state index is 13.2. The number of nitrogens with zero attached hydrogens (tertiary/aromatic N) is 3. The summed E-state index contributed by atoms with van der Waals surface area (Å²) in [5.74, 6) is 1.08. The topological polar surface area (TPSA) is 53.5 Å². The predicted molar refractivity (Wildman–Crippen MR) is 101 cm³/mol. The lowest BCUT2D eigenvalue weighted by Gasteiger charge is -2.36. The van der Waals surface area contributed by atoms with Crippen LogP contribution in [-0.2, 0) is 4.79 Å². The lowest BCUT2D eigenvalue weighted by atomic mass is 9.84. The Morgan fingerprint density at radius 2 is 1.96 bits per heavy atom. The van der Waals surface area contributed by atoms with Gasteiger partial charge in [0.15, 0.2) is 0 Å². The minimum atomic E-state index is 0.105. The zero-order chi connectivity index (χ0) is 17.7. The van der Waals surface area contributed by atoms with Gasteiger partial charge in [-0.3, -0.25) is 9.59 Å². The van der Waals surface area contributed by atoms with Crippen LogP contribution in [0.3, 0.4) is 0 Å². The molecule has 4 heterocycles. The predicted octanol–water partition coefficient (Wildman–Crippen LogP) is 3.16. The van der Waals surface area contributed by atoms with Crippen LogP contribution in [0, 0.1) is 11.8 Å². The summed E-state index contributed by atoms with van der Waals surface area (Å²) in [5, 5.41) is 0. The van der Waals surface area contributed by atoms with Gasteiger partial charge in [-0.1, -0.05) is 6.42 Å². The van der Waals surface area contributed by atoms with Crippen LogP contribution in [0.4, 0.5) is 0 Å². The number of carbonyl (C=O) groups is 2. The first kappa shape index (κ1) is 16.2. The third-order valence-electron chi connectivity index (χ3n) is 6.32. The van der Waals surface area contributed by atoms with E-state index < -0.39 is 0 Å². The normalized spacial score (nSPS) is 26.0. The van der Waals surface area contributed by atoms with E-state index in [9.17, 15) is 9.59 Å². The fraction of sp³-hybridized carbons (Fsp3) is 0.550. The maximum Gasteiger partial charge on any atom is 0.254 e. The Morgan fingerprint density at radius 3 is 2.77 bits per heavy atom. The highest BCUT2D eigenvalue weighted by Gasteiger charge is 2.40. The Bertz CT molecular complexity index is 860. The van der Waals surface area contributed by atoms with Gasteiger partial charge >= 0.3 is 0 Å². The molecule has 1 aliphatic carbocycles. The van der Waals surface area contributed by atoms with Crippen molar-refractivity contribution in [2.45, 2.75) is 38.1 Å². The summed E-state index contributed by atoms with van der Waals surface area (Å²) < 4.78 is 1.05. The minimum Gasteiger partial charge on any atom is -0.340 e. The monoisotopic (exact) mass is 369 g/mol. The Hall–Kier alpha value is -1.95. The van der Waals surface area contributed by atoms with Crippen molar-refractivity contribution in [3.05, 3.63) is 29.3 Å². The molecule has 1 aromatic heterocycles. The van der Waals surface area contributed by atoms with E-state index in [1.165, 1.54) is 6.42 Å². The van der Waals surface area contributed by atoms with E-state index in [1.807, 2.05) is 28.6 Å². The number of hydrogen-bond donors (Lipinski definition) is 0. The number of amides is 2. The number of benzene rings is 1. The van der Waals surface area contributed by atoms with E-state index in [1.54, 1.807) is 11.3 Å². The molecule has 0 radical (unpaired) electrons. The van der Waals surface area contributed by atoms with E-state index in [2.05, 4.69) is 9.88 Å². The van der Waals surface area contributed by atoms with Gasteiger partial charge < -0.3 is 9.80 Å². The number of rotatable bonds is 2. The van der Waals surface area contributed by atoms with Gasteiger partial charge in [-0.25, -0.2) is 4.98 Å². The Balaban J connectivity index is 1.37. The molecule has 2 atom stereocenters. The third-order valence-corrected chi connectivity index (χ3v) is 7.11. The molecule has 1 aromatic carbocycles. The van der Waals surface area contributed by atoms with E-state index in [-0.39, 0.29) is 17.9 Å². The highest BCUT2D eigenvalue weighted by molar-refractivity contribution is 7.16. The van der Waals surface area contributed by atoms with Crippen LogP contribution in [0.15, 0.2) is 23.7 Å². The minimum absolute atomic E-state index is 0.105. The fourth-order valence-corrected chi connectivity index (χ4v) is 5.29. The maximum atomic E-state index is 13.2. The SMILES string of the molecule is O=C(C1CCC1)N1C[C@@H]2CC[C@H](C1)N(C(=O)c1ccc3ncsc3c1)C2. The molecule has 136 valence electrons. The van der Waals surface area contributed by atoms with Gasteiger partial charge in [-0.15, -0.1) is 11.3 Å². The summed E-state index contributed by atoms with van der Waals surface area (Å²) in [7, 11) is 0. The van der Waals surface area contributed by atoms with Crippen molar-refractivity contribution in [3.63, 3.8) is 0 Å². The summed E-state index contributed by atoms with van der Waals surface area (Å²) >= 11 is 1.57. The van der Waals surface area contributed by atoms with Crippen molar-refractivity contribution in [1.82, 2.24) is 14.8 Å². The molecule has 6 heteroatoms. The van der Waals surface area contributed by atoms with Crippen molar-refractivity contribution < 1.29 is 9.59 Å². The summed E-state index contributed by atoms with van der Waals surface area (Å²) in [6, 6.07) is 5.94. The molecule has 1 saturated carbocycles. The second kappa shape index (κ2) is 6.34. The largest absolute Gasteiger partial charge is 0.340 e. The lowest BCUT2D eigenvalue weighted by molar-refractivity contribution is -0.138. The van der Waals surface area contributed by atoms with Crippen LogP contribution < -0.4 is 0 Å². The standard InChI is InChI=1S/C20H23N3O2S/c24-19(14-2-1-3-14)22-9-13-4-6-16(11-22)23(10-13)20(25)15-5-7-17-18(8-15)26-12-21-17/h5,7-8,12-14,16H,1-4,6,9-11H2/t13-,16+/m0/s1. The van der Waals surface area contributed by atoms with Crippen molar-refractivity contribution >= 4 is 33.4 Å². The molecule has 0 N–H and O–H groups in total. The van der Waals surface area contributed by atoms with Crippen molar-refractivity contribution in [1.29, 1.82) is 0 Å². The van der Waals surface area contributed by atoms with Crippen LogP contribution in [0.1, 0.15) is 42.5 Å². The molecule has 4 aliphatic rings. The molecule has 5 nitrogen and oxygen atoms in total. The smallest absolute Gasteiger partial charge is 0.254 e. The van der Waals surface area contributed by atoms with Gasteiger partial charge in [0.2, 0.25) is 5.91 Å². The second-order valence-electron chi connectivity index (χ2n) is 7.96. The highest BCUT2D eigenvalue weighted by Crippen LogP contribution is 2.34. The average Bonchev–Trinajstić information content (AvgIpc) is 2.88. The van der Waals surface area contributed by atoms with E-state index in [0.29, 0.717) is 18.4 Å². The van der Waals surface area contributed by atoms with Crippen molar-refractivity contribution in [2.24, 2.45) is 11.8 Å². The second-order valence-corrected chi connectivity index (χ2v) is 8.85. The van der Waals surface area contributed by atoms with Crippen LogP contribution in [-0.4, -0.2) is 52.3 Å². The molecule has 2 aromatic rings. The number of piperidine rings is 1. The average molecular weight is 369 g/mol. The van der Waals surface area contributed by atoms with E-state index in [0.717, 1.165) is 54.6 Å². The third kappa shape index (κ3) is 2.71. The molecule has 3 aliphatic heterocycles. The molecule has 4 fully saturated rings. The fourth-order valence-electron chi connectivity index (χ4n) is 4.58. The molecule has 2 amide bonds. The summed E-state index contributed by atoms with van der Waals surface area (Å²) in [4.78, 5) is 34.3. The van der Waals surface area contributed by atoms with Gasteiger partial charge in [0.05, 0.1) is 15.7 Å². The molecule has 26 heavy (non-hydrogen) atoms. The quantitative estimate of drug-likeness (QED) is 0.817. The Morgan fingerprint density at radius 1 is 1.08 bits per heavy atom. The molecule has 2 bridgehead atoms. The molecule has 0 unspecified atom stereocenters. The highest BCUT2D eigenvalue weighted by atomic mass is 32.1. The zero-order valence-corrected chi connectivity index (χ0v) is 15.6. The van der Waals surface area contributed by atoms with Gasteiger partial charge in [-0.2, -0.15) is 0 Å². The van der Waals surface area contributed by atoms with Gasteiger partial charge in [0.25, 0.3) is 5.91 Å². The van der Waals surface area contributed by atoms with Gasteiger partial charge in [-0.05, 0) is 49.8 Å². The number of hydrogen-bond acceptors (Lipinski definition) is 4.